The van der Waals surface area contributed by atoms with Crippen LogP contribution in [0.5, 0.6) is 0 Å². The predicted octanol–water partition coefficient (Wildman–Crippen LogP) is 2.64. The number of para-hydroxylation sites is 1. The van der Waals surface area contributed by atoms with Gasteiger partial charge >= 0.3 is 0 Å². The Labute approximate surface area is 115 Å². The van der Waals surface area contributed by atoms with Gasteiger partial charge in [0.05, 0.1) is 5.69 Å². The molecule has 0 aliphatic rings. The molecule has 0 saturated heterocycles. The second kappa shape index (κ2) is 5.19. The van der Waals surface area contributed by atoms with Crippen LogP contribution in [-0.2, 0) is 6.54 Å². The minimum atomic E-state index is 0.699. The van der Waals surface area contributed by atoms with E-state index in [4.69, 9.17) is 0 Å². The summed E-state index contributed by atoms with van der Waals surface area (Å²) in [6, 6.07) is 10.1. The van der Waals surface area contributed by atoms with Crippen LogP contribution in [0.2, 0.25) is 0 Å². The van der Waals surface area contributed by atoms with Crippen molar-refractivity contribution >= 4 is 16.7 Å². The molecule has 0 saturated carbocycles. The van der Waals surface area contributed by atoms with Crippen molar-refractivity contribution in [3.05, 3.63) is 54.1 Å². The van der Waals surface area contributed by atoms with Gasteiger partial charge in [-0.2, -0.15) is 9.47 Å². The summed E-state index contributed by atoms with van der Waals surface area (Å²) < 4.78 is 6.02. The SMILES string of the molecule is Cc1nsc(NCc2ccccc2-n2cccn2)n1. The average Bonchev–Trinajstić information content (AvgIpc) is 3.08. The molecule has 2 aromatic heterocycles. The number of rotatable bonds is 4. The second-order valence-electron chi connectivity index (χ2n) is 4.08. The fourth-order valence-corrected chi connectivity index (χ4v) is 2.40. The Balaban J connectivity index is 1.81. The van der Waals surface area contributed by atoms with E-state index in [1.165, 1.54) is 17.1 Å². The molecule has 5 nitrogen and oxygen atoms in total. The molecule has 0 atom stereocenters. The smallest absolute Gasteiger partial charge is 0.202 e. The topological polar surface area (TPSA) is 55.6 Å². The predicted molar refractivity (Wildman–Crippen MR) is 75.5 cm³/mol. The van der Waals surface area contributed by atoms with E-state index in [1.807, 2.05) is 36.0 Å². The normalized spacial score (nSPS) is 10.6. The summed E-state index contributed by atoms with van der Waals surface area (Å²) in [6.07, 6.45) is 3.71. The first-order valence-corrected chi connectivity index (χ1v) is 6.72. The van der Waals surface area contributed by atoms with Crippen LogP contribution < -0.4 is 5.32 Å². The van der Waals surface area contributed by atoms with Gasteiger partial charge in [0.25, 0.3) is 0 Å². The lowest BCUT2D eigenvalue weighted by Crippen LogP contribution is -2.05. The number of benzene rings is 1. The zero-order valence-corrected chi connectivity index (χ0v) is 11.3. The fourth-order valence-electron chi connectivity index (χ4n) is 1.83. The Morgan fingerprint density at radius 2 is 2.16 bits per heavy atom. The fraction of sp³-hybridized carbons (Fsp3) is 0.154. The van der Waals surface area contributed by atoms with Crippen LogP contribution >= 0.6 is 11.5 Å². The van der Waals surface area contributed by atoms with Crippen molar-refractivity contribution in [3.8, 4) is 5.69 Å². The molecule has 2 heterocycles. The van der Waals surface area contributed by atoms with E-state index < -0.39 is 0 Å². The number of anilines is 1. The molecule has 0 fully saturated rings. The maximum atomic E-state index is 4.29. The zero-order chi connectivity index (χ0) is 13.1. The van der Waals surface area contributed by atoms with E-state index in [2.05, 4.69) is 31.9 Å². The molecular formula is C13H13N5S. The summed E-state index contributed by atoms with van der Waals surface area (Å²) in [7, 11) is 0. The third-order valence-corrected chi connectivity index (χ3v) is 3.46. The first kappa shape index (κ1) is 11.9. The van der Waals surface area contributed by atoms with Gasteiger partial charge in [-0.3, -0.25) is 0 Å². The third-order valence-electron chi connectivity index (χ3n) is 2.70. The Kier molecular flexibility index (Phi) is 3.24. The van der Waals surface area contributed by atoms with E-state index in [0.29, 0.717) is 6.54 Å². The highest BCUT2D eigenvalue weighted by atomic mass is 32.1. The van der Waals surface area contributed by atoms with Gasteiger partial charge in [-0.05, 0) is 24.6 Å². The maximum Gasteiger partial charge on any atom is 0.202 e. The molecule has 3 aromatic rings. The van der Waals surface area contributed by atoms with Gasteiger partial charge in [0, 0.05) is 30.5 Å². The lowest BCUT2D eigenvalue weighted by atomic mass is 10.2. The molecule has 0 amide bonds. The van der Waals surface area contributed by atoms with Crippen LogP contribution in [0.25, 0.3) is 5.69 Å². The molecular weight excluding hydrogens is 258 g/mol. The van der Waals surface area contributed by atoms with Crippen molar-refractivity contribution in [2.45, 2.75) is 13.5 Å². The highest BCUT2D eigenvalue weighted by Gasteiger charge is 2.05. The van der Waals surface area contributed by atoms with Crippen LogP contribution in [-0.4, -0.2) is 19.1 Å². The largest absolute Gasteiger partial charge is 0.356 e. The highest BCUT2D eigenvalue weighted by molar-refractivity contribution is 7.09. The standard InChI is InChI=1S/C13H13N5S/c1-10-16-13(19-17-10)14-9-11-5-2-3-6-12(11)18-8-4-7-15-18/h2-8H,9H2,1H3,(H,14,16,17). The molecule has 0 aliphatic carbocycles. The molecule has 0 unspecified atom stereocenters. The molecule has 0 bridgehead atoms. The van der Waals surface area contributed by atoms with Gasteiger partial charge in [0.2, 0.25) is 5.13 Å². The van der Waals surface area contributed by atoms with Crippen molar-refractivity contribution in [2.75, 3.05) is 5.32 Å². The minimum Gasteiger partial charge on any atom is -0.356 e. The first-order chi connectivity index (χ1) is 9.33. The summed E-state index contributed by atoms with van der Waals surface area (Å²) in [5.74, 6) is 0.799. The summed E-state index contributed by atoms with van der Waals surface area (Å²) in [5.41, 5.74) is 2.24. The van der Waals surface area contributed by atoms with Crippen molar-refractivity contribution in [3.63, 3.8) is 0 Å². The zero-order valence-electron chi connectivity index (χ0n) is 10.4. The van der Waals surface area contributed by atoms with Gasteiger partial charge in [0.1, 0.15) is 5.82 Å². The molecule has 96 valence electrons. The number of hydrogen-bond acceptors (Lipinski definition) is 5. The maximum absolute atomic E-state index is 4.29. The van der Waals surface area contributed by atoms with Gasteiger partial charge in [-0.15, -0.1) is 0 Å². The number of nitrogens with zero attached hydrogens (tertiary/aromatic N) is 4. The number of nitrogens with one attached hydrogen (secondary N) is 1. The highest BCUT2D eigenvalue weighted by Crippen LogP contribution is 2.16. The average molecular weight is 271 g/mol. The Morgan fingerprint density at radius 1 is 1.26 bits per heavy atom. The lowest BCUT2D eigenvalue weighted by molar-refractivity contribution is 0.864. The first-order valence-electron chi connectivity index (χ1n) is 5.95. The number of aryl methyl sites for hydroxylation is 1. The van der Waals surface area contributed by atoms with Crippen LogP contribution in [0.1, 0.15) is 11.4 Å². The molecule has 0 spiro atoms. The monoisotopic (exact) mass is 271 g/mol. The van der Waals surface area contributed by atoms with Gasteiger partial charge in [-0.25, -0.2) is 9.67 Å². The second-order valence-corrected chi connectivity index (χ2v) is 4.83. The third kappa shape index (κ3) is 2.63. The number of aromatic nitrogens is 4. The minimum absolute atomic E-state index is 0.699. The van der Waals surface area contributed by atoms with Crippen LogP contribution in [0.4, 0.5) is 5.13 Å². The summed E-state index contributed by atoms with van der Waals surface area (Å²) >= 11 is 1.38. The van der Waals surface area contributed by atoms with Gasteiger partial charge in [-0.1, -0.05) is 18.2 Å². The molecule has 0 aliphatic heterocycles. The van der Waals surface area contributed by atoms with Crippen molar-refractivity contribution in [2.24, 2.45) is 0 Å². The molecule has 19 heavy (non-hydrogen) atoms. The number of hydrogen-bond donors (Lipinski definition) is 1. The molecule has 0 radical (unpaired) electrons. The molecule has 1 N–H and O–H groups in total. The van der Waals surface area contributed by atoms with E-state index in [0.717, 1.165) is 16.6 Å². The quantitative estimate of drug-likeness (QED) is 0.792. The molecule has 6 heteroatoms. The van der Waals surface area contributed by atoms with Crippen LogP contribution in [0, 0.1) is 6.92 Å². The lowest BCUT2D eigenvalue weighted by Gasteiger charge is -2.09. The Bertz CT molecular complexity index is 659. The van der Waals surface area contributed by atoms with E-state index in [1.54, 1.807) is 6.20 Å². The van der Waals surface area contributed by atoms with Crippen molar-refractivity contribution < 1.29 is 0 Å². The summed E-state index contributed by atoms with van der Waals surface area (Å²) in [5, 5.41) is 8.40. The van der Waals surface area contributed by atoms with E-state index in [-0.39, 0.29) is 0 Å². The van der Waals surface area contributed by atoms with Crippen LogP contribution in [0.3, 0.4) is 0 Å². The summed E-state index contributed by atoms with van der Waals surface area (Å²) in [4.78, 5) is 4.29. The van der Waals surface area contributed by atoms with Crippen molar-refractivity contribution in [1.82, 2.24) is 19.1 Å². The van der Waals surface area contributed by atoms with Crippen LogP contribution in [0.15, 0.2) is 42.7 Å². The molecule has 1 aromatic carbocycles. The van der Waals surface area contributed by atoms with Gasteiger partial charge in [0.15, 0.2) is 0 Å². The Hall–Kier alpha value is -2.21. The molecule has 3 rings (SSSR count). The summed E-state index contributed by atoms with van der Waals surface area (Å²) in [6.45, 7) is 2.59. The van der Waals surface area contributed by atoms with E-state index >= 15 is 0 Å². The van der Waals surface area contributed by atoms with E-state index in [9.17, 15) is 0 Å². The van der Waals surface area contributed by atoms with Gasteiger partial charge < -0.3 is 5.32 Å². The van der Waals surface area contributed by atoms with Crippen molar-refractivity contribution in [1.29, 1.82) is 0 Å². The Morgan fingerprint density at radius 3 is 2.89 bits per heavy atom.